The number of alkyl halides is 5. The third-order valence-corrected chi connectivity index (χ3v) is 9.98. The number of halogens is 8. The maximum absolute atomic E-state index is 15.2. The van der Waals surface area contributed by atoms with Crippen LogP contribution in [0.2, 0.25) is 0 Å². The molecule has 0 bridgehead atoms. The van der Waals surface area contributed by atoms with Crippen molar-refractivity contribution in [3.8, 4) is 16.9 Å². The topological polar surface area (TPSA) is 9.23 Å². The van der Waals surface area contributed by atoms with Gasteiger partial charge in [0, 0.05) is 11.6 Å². The summed E-state index contributed by atoms with van der Waals surface area (Å²) in [5, 5.41) is 0. The summed E-state index contributed by atoms with van der Waals surface area (Å²) >= 11 is 0. The van der Waals surface area contributed by atoms with E-state index in [1.54, 1.807) is 0 Å². The second-order valence-corrected chi connectivity index (χ2v) is 13.0. The Morgan fingerprint density at radius 1 is 0.652 bits per heavy atom. The second-order valence-electron chi connectivity index (χ2n) is 13.0. The lowest BCUT2D eigenvalue weighted by Crippen LogP contribution is -2.37. The van der Waals surface area contributed by atoms with E-state index in [1.807, 2.05) is 0 Å². The van der Waals surface area contributed by atoms with Gasteiger partial charge in [-0.3, -0.25) is 0 Å². The minimum absolute atomic E-state index is 0.164. The highest BCUT2D eigenvalue weighted by atomic mass is 19.4. The fraction of sp³-hybridized carbons (Fsp3) is 0.514. The molecule has 2 aliphatic carbocycles. The van der Waals surface area contributed by atoms with Crippen LogP contribution in [0.15, 0.2) is 54.6 Å². The number of rotatable bonds is 10. The van der Waals surface area contributed by atoms with Crippen molar-refractivity contribution >= 4 is 0 Å². The van der Waals surface area contributed by atoms with E-state index in [0.717, 1.165) is 23.6 Å². The van der Waals surface area contributed by atoms with E-state index in [2.05, 4.69) is 31.2 Å². The van der Waals surface area contributed by atoms with Crippen LogP contribution in [-0.2, 0) is 6.18 Å². The van der Waals surface area contributed by atoms with Crippen molar-refractivity contribution in [1.82, 2.24) is 0 Å². The molecule has 9 heteroatoms. The molecular formula is C37H40F8O. The molecule has 2 fully saturated rings. The first-order chi connectivity index (χ1) is 21.9. The van der Waals surface area contributed by atoms with Crippen molar-refractivity contribution in [2.45, 2.75) is 108 Å². The van der Waals surface area contributed by atoms with Gasteiger partial charge in [-0.1, -0.05) is 56.9 Å². The molecule has 2 aliphatic rings. The summed E-state index contributed by atoms with van der Waals surface area (Å²) < 4.78 is 117. The van der Waals surface area contributed by atoms with Gasteiger partial charge in [-0.05, 0) is 110 Å². The average Bonchev–Trinajstić information content (AvgIpc) is 3.00. The van der Waals surface area contributed by atoms with E-state index in [0.29, 0.717) is 37.0 Å². The smallest absolute Gasteiger partial charge is 0.422 e. The molecule has 3 aromatic carbocycles. The summed E-state index contributed by atoms with van der Waals surface area (Å²) in [6.07, 6.45) is 2.92. The molecule has 5 rings (SSSR count). The average molecular weight is 653 g/mol. The Labute approximate surface area is 265 Å². The molecule has 250 valence electrons. The highest BCUT2D eigenvalue weighted by molar-refractivity contribution is 5.66. The molecule has 0 aliphatic heterocycles. The fourth-order valence-electron chi connectivity index (χ4n) is 7.30. The number of unbranched alkanes of at least 4 members (excludes halogenated alkanes) is 2. The lowest BCUT2D eigenvalue weighted by molar-refractivity contribution is -0.222. The predicted molar refractivity (Wildman–Crippen MR) is 162 cm³/mol. The molecular weight excluding hydrogens is 612 g/mol. The van der Waals surface area contributed by atoms with Crippen LogP contribution in [0.1, 0.15) is 112 Å². The quantitative estimate of drug-likeness (QED) is 0.156. The minimum atomic E-state index is -5.27. The summed E-state index contributed by atoms with van der Waals surface area (Å²) in [5.74, 6) is -4.97. The third kappa shape index (κ3) is 8.06. The summed E-state index contributed by atoms with van der Waals surface area (Å²) in [7, 11) is 0. The summed E-state index contributed by atoms with van der Waals surface area (Å²) in [4.78, 5) is 0. The Kier molecular flexibility index (Phi) is 10.7. The van der Waals surface area contributed by atoms with Gasteiger partial charge in [0.15, 0.2) is 0 Å². The van der Waals surface area contributed by atoms with Gasteiger partial charge in [0.1, 0.15) is 28.8 Å². The summed E-state index contributed by atoms with van der Waals surface area (Å²) in [6.45, 7) is 2.23. The van der Waals surface area contributed by atoms with Gasteiger partial charge in [0.25, 0.3) is 0 Å². The predicted octanol–water partition coefficient (Wildman–Crippen LogP) is 12.6. The van der Waals surface area contributed by atoms with Crippen LogP contribution in [0.3, 0.4) is 0 Å². The van der Waals surface area contributed by atoms with Crippen molar-refractivity contribution < 1.29 is 39.9 Å². The van der Waals surface area contributed by atoms with E-state index in [9.17, 15) is 26.3 Å². The van der Waals surface area contributed by atoms with Crippen LogP contribution < -0.4 is 4.74 Å². The van der Waals surface area contributed by atoms with Crippen molar-refractivity contribution in [3.05, 3.63) is 88.7 Å². The zero-order chi connectivity index (χ0) is 33.1. The maximum Gasteiger partial charge on any atom is 0.422 e. The van der Waals surface area contributed by atoms with E-state index < -0.39 is 58.1 Å². The van der Waals surface area contributed by atoms with E-state index >= 15 is 8.78 Å². The van der Waals surface area contributed by atoms with Crippen LogP contribution in [0.4, 0.5) is 35.1 Å². The van der Waals surface area contributed by atoms with E-state index in [1.165, 1.54) is 56.9 Å². The summed E-state index contributed by atoms with van der Waals surface area (Å²) in [6, 6.07) is 12.0. The maximum atomic E-state index is 15.2. The summed E-state index contributed by atoms with van der Waals surface area (Å²) in [5.41, 5.74) is -0.544. The first-order valence-corrected chi connectivity index (χ1v) is 16.4. The Hall–Kier alpha value is -3.10. The van der Waals surface area contributed by atoms with Crippen molar-refractivity contribution in [3.63, 3.8) is 0 Å². The van der Waals surface area contributed by atoms with Crippen LogP contribution in [0.25, 0.3) is 11.1 Å². The first kappa shape index (κ1) is 34.2. The van der Waals surface area contributed by atoms with Gasteiger partial charge in [0.05, 0.1) is 5.92 Å². The van der Waals surface area contributed by atoms with E-state index in [-0.39, 0.29) is 18.8 Å². The number of benzene rings is 3. The zero-order valence-electron chi connectivity index (χ0n) is 25.9. The van der Waals surface area contributed by atoms with Crippen LogP contribution in [0, 0.1) is 29.3 Å². The Bertz CT molecular complexity index is 1430. The number of hydrogen-bond acceptors (Lipinski definition) is 1. The molecule has 2 saturated carbocycles. The molecule has 0 amide bonds. The number of ether oxygens (including phenoxy) is 1. The zero-order valence-corrected chi connectivity index (χ0v) is 25.9. The highest BCUT2D eigenvalue weighted by Gasteiger charge is 2.44. The molecule has 0 saturated heterocycles. The normalized spacial score (nSPS) is 22.5. The second kappa shape index (κ2) is 14.3. The van der Waals surface area contributed by atoms with Crippen LogP contribution in [0.5, 0.6) is 5.75 Å². The SMILES string of the molecule is CCCCCC1CCC(c2ccc(C3CCC(C(F)(F)Oc4ccc(-c5cc(F)c(C(F)(F)F)c(F)c5)c(F)c4)CC3)cc2)CC1. The van der Waals surface area contributed by atoms with Crippen molar-refractivity contribution in [1.29, 1.82) is 0 Å². The Balaban J connectivity index is 1.15. The minimum Gasteiger partial charge on any atom is -0.432 e. The van der Waals surface area contributed by atoms with Gasteiger partial charge in [-0.25, -0.2) is 13.2 Å². The monoisotopic (exact) mass is 652 g/mol. The number of hydrogen-bond donors (Lipinski definition) is 0. The lowest BCUT2D eigenvalue weighted by Gasteiger charge is -2.33. The fourth-order valence-corrected chi connectivity index (χ4v) is 7.30. The van der Waals surface area contributed by atoms with Gasteiger partial charge in [-0.2, -0.15) is 22.0 Å². The molecule has 0 atom stereocenters. The first-order valence-electron chi connectivity index (χ1n) is 16.4. The molecule has 0 N–H and O–H groups in total. The van der Waals surface area contributed by atoms with E-state index in [4.69, 9.17) is 4.74 Å². The highest BCUT2D eigenvalue weighted by Crippen LogP contribution is 2.45. The molecule has 0 heterocycles. The molecule has 0 aromatic heterocycles. The van der Waals surface area contributed by atoms with Gasteiger partial charge >= 0.3 is 12.3 Å². The molecule has 1 nitrogen and oxygen atoms in total. The molecule has 3 aromatic rings. The largest absolute Gasteiger partial charge is 0.432 e. The third-order valence-electron chi connectivity index (χ3n) is 9.98. The van der Waals surface area contributed by atoms with Crippen LogP contribution in [-0.4, -0.2) is 6.11 Å². The van der Waals surface area contributed by atoms with Gasteiger partial charge in [0.2, 0.25) is 0 Å². The molecule has 0 spiro atoms. The van der Waals surface area contributed by atoms with Gasteiger partial charge < -0.3 is 4.74 Å². The Morgan fingerprint density at radius 2 is 1.20 bits per heavy atom. The van der Waals surface area contributed by atoms with Crippen LogP contribution >= 0.6 is 0 Å². The molecule has 0 unspecified atom stereocenters. The van der Waals surface area contributed by atoms with Crippen molar-refractivity contribution in [2.75, 3.05) is 0 Å². The standard InChI is InChI=1S/C37H40F8O/c1-2-3-4-5-23-6-8-24(9-7-23)25-10-12-26(13-11-25)27-14-16-29(17-15-27)37(44,45)46-30-18-19-31(32(38)22-30)28-20-33(39)35(34(40)21-28)36(41,42)43/h10-13,18-24,27,29H,2-9,14-17H2,1H3. The Morgan fingerprint density at radius 3 is 1.70 bits per heavy atom. The molecule has 0 radical (unpaired) electrons. The lowest BCUT2D eigenvalue weighted by atomic mass is 9.75. The molecule has 46 heavy (non-hydrogen) atoms. The van der Waals surface area contributed by atoms with Gasteiger partial charge in [-0.15, -0.1) is 0 Å². The van der Waals surface area contributed by atoms with Crippen molar-refractivity contribution in [2.24, 2.45) is 11.8 Å².